The molecule has 24 heavy (non-hydrogen) atoms. The Bertz CT molecular complexity index is 881. The number of rotatable bonds is 4. The fourth-order valence-electron chi connectivity index (χ4n) is 1.87. The van der Waals surface area contributed by atoms with E-state index < -0.39 is 5.97 Å². The summed E-state index contributed by atoms with van der Waals surface area (Å²) in [7, 11) is 0. The molecule has 0 amide bonds. The Labute approximate surface area is 157 Å². The number of hydrogen-bond donors (Lipinski definition) is 0. The molecule has 2 aromatic heterocycles. The van der Waals surface area contributed by atoms with E-state index in [2.05, 4.69) is 9.97 Å². The van der Waals surface area contributed by atoms with Crippen LogP contribution in [0.3, 0.4) is 0 Å². The van der Waals surface area contributed by atoms with E-state index in [1.807, 2.05) is 17.5 Å². The molecule has 0 aliphatic rings. The van der Waals surface area contributed by atoms with Crippen LogP contribution in [0.2, 0.25) is 15.2 Å². The summed E-state index contributed by atoms with van der Waals surface area (Å²) in [5, 5.41) is 3.66. The maximum atomic E-state index is 12.0. The summed E-state index contributed by atoms with van der Waals surface area (Å²) in [5.74, 6) is -0.649. The van der Waals surface area contributed by atoms with Gasteiger partial charge in [0.1, 0.15) is 16.8 Å². The molecule has 0 N–H and O–H groups in total. The van der Waals surface area contributed by atoms with Crippen molar-refractivity contribution in [2.75, 3.05) is 0 Å². The van der Waals surface area contributed by atoms with E-state index in [0.29, 0.717) is 10.7 Å². The quantitative estimate of drug-likeness (QED) is 0.428. The summed E-state index contributed by atoms with van der Waals surface area (Å²) < 4.78 is 5.20. The molecule has 0 aliphatic heterocycles. The number of aromatic nitrogens is 2. The van der Waals surface area contributed by atoms with Gasteiger partial charge in [-0.25, -0.2) is 14.8 Å². The van der Waals surface area contributed by atoms with E-state index in [9.17, 15) is 4.79 Å². The topological polar surface area (TPSA) is 52.1 Å². The summed E-state index contributed by atoms with van der Waals surface area (Å²) in [4.78, 5) is 20.3. The number of benzene rings is 1. The Morgan fingerprint density at radius 3 is 2.54 bits per heavy atom. The van der Waals surface area contributed by atoms with Gasteiger partial charge in [-0.2, -0.15) is 0 Å². The molecule has 0 radical (unpaired) electrons. The molecule has 0 unspecified atom stereocenters. The zero-order valence-corrected chi connectivity index (χ0v) is 15.1. The molecule has 122 valence electrons. The second-order valence-electron chi connectivity index (χ2n) is 4.69. The third kappa shape index (κ3) is 4.05. The molecule has 1 aromatic carbocycles. The Morgan fingerprint density at radius 1 is 1.04 bits per heavy atom. The fourth-order valence-corrected chi connectivity index (χ4v) is 3.13. The van der Waals surface area contributed by atoms with Crippen LogP contribution in [0.15, 0.2) is 41.8 Å². The van der Waals surface area contributed by atoms with Crippen LogP contribution in [0, 0.1) is 0 Å². The number of esters is 1. The minimum Gasteiger partial charge on any atom is -0.454 e. The van der Waals surface area contributed by atoms with E-state index in [1.165, 1.54) is 23.5 Å². The largest absolute Gasteiger partial charge is 0.454 e. The molecule has 0 saturated carbocycles. The van der Waals surface area contributed by atoms with Crippen molar-refractivity contribution < 1.29 is 9.53 Å². The van der Waals surface area contributed by atoms with Crippen LogP contribution in [0.25, 0.3) is 10.6 Å². The molecule has 0 aliphatic carbocycles. The maximum absolute atomic E-state index is 12.0. The highest BCUT2D eigenvalue weighted by molar-refractivity contribution is 7.13. The molecule has 8 heteroatoms. The van der Waals surface area contributed by atoms with Crippen LogP contribution in [-0.2, 0) is 11.3 Å². The van der Waals surface area contributed by atoms with Crippen molar-refractivity contribution in [1.82, 2.24) is 9.97 Å². The van der Waals surface area contributed by atoms with Crippen molar-refractivity contribution >= 4 is 52.1 Å². The molecule has 3 aromatic rings. The van der Waals surface area contributed by atoms with E-state index in [1.54, 1.807) is 12.1 Å². The van der Waals surface area contributed by atoms with E-state index in [0.717, 1.165) is 10.6 Å². The highest BCUT2D eigenvalue weighted by Crippen LogP contribution is 2.25. The van der Waals surface area contributed by atoms with E-state index in [4.69, 9.17) is 39.5 Å². The fraction of sp³-hybridized carbons (Fsp3) is 0.0625. The monoisotopic (exact) mass is 398 g/mol. The lowest BCUT2D eigenvalue weighted by atomic mass is 10.2. The van der Waals surface area contributed by atoms with Crippen molar-refractivity contribution in [3.8, 4) is 10.6 Å². The SMILES string of the molecule is O=C(OCc1csc(-c2ccc(Cl)cc2)n1)c1nc(Cl)ccc1Cl. The minimum absolute atomic E-state index is 0.0164. The Morgan fingerprint density at radius 2 is 1.79 bits per heavy atom. The summed E-state index contributed by atoms with van der Waals surface area (Å²) in [6.07, 6.45) is 0. The van der Waals surface area contributed by atoms with Gasteiger partial charge < -0.3 is 4.74 Å². The van der Waals surface area contributed by atoms with Crippen LogP contribution in [0.4, 0.5) is 0 Å². The molecule has 0 saturated heterocycles. The van der Waals surface area contributed by atoms with Gasteiger partial charge in [0.15, 0.2) is 5.69 Å². The predicted molar refractivity (Wildman–Crippen MR) is 95.9 cm³/mol. The number of carbonyl (C=O) groups is 1. The van der Waals surface area contributed by atoms with Crippen LogP contribution in [-0.4, -0.2) is 15.9 Å². The molecular formula is C16H9Cl3N2O2S. The van der Waals surface area contributed by atoms with E-state index in [-0.39, 0.29) is 22.5 Å². The molecule has 4 nitrogen and oxygen atoms in total. The van der Waals surface area contributed by atoms with Gasteiger partial charge in [0.25, 0.3) is 0 Å². The predicted octanol–water partition coefficient (Wildman–Crippen LogP) is 5.52. The van der Waals surface area contributed by atoms with Gasteiger partial charge in [0.05, 0.1) is 10.7 Å². The number of hydrogen-bond acceptors (Lipinski definition) is 5. The second-order valence-corrected chi connectivity index (χ2v) is 6.78. The lowest BCUT2D eigenvalue weighted by molar-refractivity contribution is 0.0462. The zero-order chi connectivity index (χ0) is 17.1. The summed E-state index contributed by atoms with van der Waals surface area (Å²) >= 11 is 19.0. The number of pyridine rings is 1. The first-order valence-electron chi connectivity index (χ1n) is 6.72. The average molecular weight is 400 g/mol. The van der Waals surface area contributed by atoms with Crippen molar-refractivity contribution in [2.24, 2.45) is 0 Å². The molecule has 2 heterocycles. The molecular weight excluding hydrogens is 391 g/mol. The Hall–Kier alpha value is -1.66. The van der Waals surface area contributed by atoms with Crippen molar-refractivity contribution in [1.29, 1.82) is 0 Å². The lowest BCUT2D eigenvalue weighted by Crippen LogP contribution is -2.08. The van der Waals surface area contributed by atoms with Crippen molar-refractivity contribution in [3.63, 3.8) is 0 Å². The number of ether oxygens (including phenoxy) is 1. The number of thiazole rings is 1. The number of carbonyl (C=O) groups excluding carboxylic acids is 1. The van der Waals surface area contributed by atoms with Gasteiger partial charge in [-0.15, -0.1) is 11.3 Å². The van der Waals surface area contributed by atoms with Crippen LogP contribution in [0.5, 0.6) is 0 Å². The van der Waals surface area contributed by atoms with Crippen LogP contribution < -0.4 is 0 Å². The summed E-state index contributed by atoms with van der Waals surface area (Å²) in [5.41, 5.74) is 1.57. The zero-order valence-electron chi connectivity index (χ0n) is 12.0. The van der Waals surface area contributed by atoms with Crippen molar-refractivity contribution in [2.45, 2.75) is 6.61 Å². The lowest BCUT2D eigenvalue weighted by Gasteiger charge is -2.04. The first-order chi connectivity index (χ1) is 11.5. The summed E-state index contributed by atoms with van der Waals surface area (Å²) in [6, 6.07) is 10.4. The number of halogens is 3. The van der Waals surface area contributed by atoms with Crippen molar-refractivity contribution in [3.05, 3.63) is 68.4 Å². The van der Waals surface area contributed by atoms with Gasteiger partial charge in [0.2, 0.25) is 0 Å². The van der Waals surface area contributed by atoms with Gasteiger partial charge in [-0.3, -0.25) is 0 Å². The highest BCUT2D eigenvalue weighted by atomic mass is 35.5. The second kappa shape index (κ2) is 7.49. The molecule has 0 atom stereocenters. The first-order valence-corrected chi connectivity index (χ1v) is 8.74. The Kier molecular flexibility index (Phi) is 5.36. The van der Waals surface area contributed by atoms with Gasteiger partial charge in [-0.1, -0.05) is 46.9 Å². The molecule has 0 bridgehead atoms. The van der Waals surface area contributed by atoms with Crippen LogP contribution in [0.1, 0.15) is 16.2 Å². The standard InChI is InChI=1S/C16H9Cl3N2O2S/c17-10-3-1-9(2-4-10)15-20-11(8-24-15)7-23-16(22)14-12(18)5-6-13(19)21-14/h1-6,8H,7H2. The normalized spacial score (nSPS) is 10.6. The summed E-state index contributed by atoms with van der Waals surface area (Å²) in [6.45, 7) is 0.0213. The van der Waals surface area contributed by atoms with E-state index >= 15 is 0 Å². The highest BCUT2D eigenvalue weighted by Gasteiger charge is 2.15. The van der Waals surface area contributed by atoms with Crippen LogP contribution >= 0.6 is 46.1 Å². The third-order valence-corrected chi connectivity index (χ3v) is 4.71. The molecule has 3 rings (SSSR count). The maximum Gasteiger partial charge on any atom is 0.358 e. The molecule has 0 fully saturated rings. The third-order valence-electron chi connectivity index (χ3n) is 3.00. The van der Waals surface area contributed by atoms with Gasteiger partial charge in [0, 0.05) is 16.0 Å². The number of nitrogens with zero attached hydrogens (tertiary/aromatic N) is 2. The van der Waals surface area contributed by atoms with Gasteiger partial charge in [-0.05, 0) is 24.3 Å². The first kappa shape index (κ1) is 17.2. The average Bonchev–Trinajstić information content (AvgIpc) is 3.04. The Balaban J connectivity index is 1.68. The smallest absolute Gasteiger partial charge is 0.358 e. The molecule has 0 spiro atoms. The van der Waals surface area contributed by atoms with Gasteiger partial charge >= 0.3 is 5.97 Å². The minimum atomic E-state index is -0.649.